The quantitative estimate of drug-likeness (QED) is 0.401. The third kappa shape index (κ3) is 3.63. The van der Waals surface area contributed by atoms with Crippen LogP contribution in [0, 0.1) is 5.82 Å². The maximum Gasteiger partial charge on any atom is 0.252 e. The minimum absolute atomic E-state index is 0.0512. The Hall–Kier alpha value is -4.07. The van der Waals surface area contributed by atoms with Crippen LogP contribution in [0.2, 0.25) is 0 Å². The molecule has 1 unspecified atom stereocenters. The molecule has 1 saturated carbocycles. The number of amides is 1. The summed E-state index contributed by atoms with van der Waals surface area (Å²) in [7, 11) is 0. The van der Waals surface area contributed by atoms with Gasteiger partial charge in [-0.25, -0.2) is 4.39 Å². The lowest BCUT2D eigenvalue weighted by Gasteiger charge is -2.07. The Morgan fingerprint density at radius 1 is 1.03 bits per heavy atom. The standard InChI is InChI=1S/C25H21FN6O/c1-13-20-11-17(6-8-18(20)24(33)28-13)29-25-30-23(31-32-25)19-7-4-15(10-21(19)26)16-5-9-22(27-12-16)14-2-3-14/h4-14H,2-3H2,1H3,(H,28,33)(H2,29,30,31,32). The summed E-state index contributed by atoms with van der Waals surface area (Å²) in [6, 6.07) is 14.5. The van der Waals surface area contributed by atoms with Gasteiger partial charge in [-0.15, -0.1) is 5.10 Å². The number of pyridine rings is 1. The first-order valence-electron chi connectivity index (χ1n) is 11.0. The van der Waals surface area contributed by atoms with E-state index < -0.39 is 5.82 Å². The highest BCUT2D eigenvalue weighted by atomic mass is 19.1. The zero-order valence-electron chi connectivity index (χ0n) is 17.9. The van der Waals surface area contributed by atoms with E-state index in [1.807, 2.05) is 31.2 Å². The Kier molecular flexibility index (Phi) is 4.46. The second-order valence-electron chi connectivity index (χ2n) is 8.57. The predicted octanol–water partition coefficient (Wildman–Crippen LogP) is 5.10. The fourth-order valence-corrected chi connectivity index (χ4v) is 4.21. The van der Waals surface area contributed by atoms with Crippen molar-refractivity contribution in [2.45, 2.75) is 31.7 Å². The zero-order valence-corrected chi connectivity index (χ0v) is 17.9. The average Bonchev–Trinajstić information content (AvgIpc) is 3.51. The topological polar surface area (TPSA) is 95.6 Å². The third-order valence-electron chi connectivity index (χ3n) is 6.19. The van der Waals surface area contributed by atoms with Gasteiger partial charge in [0.2, 0.25) is 5.95 Å². The van der Waals surface area contributed by atoms with Crippen molar-refractivity contribution in [1.29, 1.82) is 0 Å². The van der Waals surface area contributed by atoms with Crippen molar-refractivity contribution in [3.63, 3.8) is 0 Å². The van der Waals surface area contributed by atoms with E-state index >= 15 is 0 Å². The van der Waals surface area contributed by atoms with Crippen molar-refractivity contribution in [2.24, 2.45) is 0 Å². The van der Waals surface area contributed by atoms with Crippen molar-refractivity contribution < 1.29 is 9.18 Å². The number of anilines is 2. The minimum atomic E-state index is -0.391. The first kappa shape index (κ1) is 19.6. The van der Waals surface area contributed by atoms with E-state index in [0.717, 1.165) is 28.1 Å². The van der Waals surface area contributed by atoms with E-state index in [9.17, 15) is 9.18 Å². The van der Waals surface area contributed by atoms with E-state index in [1.54, 1.807) is 24.4 Å². The van der Waals surface area contributed by atoms with Gasteiger partial charge in [-0.1, -0.05) is 12.1 Å². The maximum absolute atomic E-state index is 14.9. The number of nitrogens with one attached hydrogen (secondary N) is 3. The van der Waals surface area contributed by atoms with Gasteiger partial charge in [0.15, 0.2) is 5.82 Å². The van der Waals surface area contributed by atoms with Gasteiger partial charge in [0, 0.05) is 34.6 Å². The lowest BCUT2D eigenvalue weighted by Crippen LogP contribution is -2.16. The molecule has 33 heavy (non-hydrogen) atoms. The number of fused-ring (bicyclic) bond motifs is 1. The molecule has 164 valence electrons. The molecular formula is C25H21FN6O. The normalized spacial score (nSPS) is 17.0. The van der Waals surface area contributed by atoms with Crippen LogP contribution in [0.4, 0.5) is 16.0 Å². The molecule has 7 nitrogen and oxygen atoms in total. The molecule has 1 amide bonds. The van der Waals surface area contributed by atoms with E-state index in [1.165, 1.54) is 18.9 Å². The molecular weight excluding hydrogens is 419 g/mol. The molecule has 3 N–H and O–H groups in total. The van der Waals surface area contributed by atoms with Crippen molar-refractivity contribution >= 4 is 17.5 Å². The van der Waals surface area contributed by atoms with E-state index in [2.05, 4.69) is 30.8 Å². The van der Waals surface area contributed by atoms with Crippen molar-refractivity contribution in [3.05, 3.63) is 77.4 Å². The zero-order chi connectivity index (χ0) is 22.5. The first-order valence-corrected chi connectivity index (χ1v) is 11.0. The van der Waals surface area contributed by atoms with E-state index in [-0.39, 0.29) is 11.9 Å². The summed E-state index contributed by atoms with van der Waals surface area (Å²) in [5.74, 6) is 0.773. The van der Waals surface area contributed by atoms with Crippen molar-refractivity contribution in [2.75, 3.05) is 5.32 Å². The number of carbonyl (C=O) groups excluding carboxylic acids is 1. The molecule has 2 aliphatic rings. The van der Waals surface area contributed by atoms with Crippen LogP contribution in [0.25, 0.3) is 22.5 Å². The molecule has 0 radical (unpaired) electrons. The number of nitrogens with zero attached hydrogens (tertiary/aromatic N) is 3. The third-order valence-corrected chi connectivity index (χ3v) is 6.19. The van der Waals surface area contributed by atoms with Crippen molar-refractivity contribution in [3.8, 4) is 22.5 Å². The molecule has 1 fully saturated rings. The van der Waals surface area contributed by atoms with Gasteiger partial charge in [-0.2, -0.15) is 4.98 Å². The van der Waals surface area contributed by atoms with Crippen LogP contribution in [0.15, 0.2) is 54.7 Å². The molecule has 8 heteroatoms. The second kappa shape index (κ2) is 7.51. The number of rotatable bonds is 5. The number of halogens is 1. The van der Waals surface area contributed by atoms with Crippen LogP contribution < -0.4 is 10.6 Å². The van der Waals surface area contributed by atoms with Gasteiger partial charge in [0.25, 0.3) is 5.91 Å². The highest BCUT2D eigenvalue weighted by Gasteiger charge is 2.26. The van der Waals surface area contributed by atoms with Crippen LogP contribution >= 0.6 is 0 Å². The largest absolute Gasteiger partial charge is 0.345 e. The van der Waals surface area contributed by atoms with Crippen LogP contribution in [0.1, 0.15) is 53.3 Å². The summed E-state index contributed by atoms with van der Waals surface area (Å²) in [5.41, 5.74) is 5.42. The van der Waals surface area contributed by atoms with Crippen molar-refractivity contribution in [1.82, 2.24) is 25.5 Å². The van der Waals surface area contributed by atoms with Gasteiger partial charge in [0.1, 0.15) is 5.82 Å². The molecule has 1 atom stereocenters. The van der Waals surface area contributed by atoms with Crippen LogP contribution in [0.3, 0.4) is 0 Å². The number of hydrogen-bond donors (Lipinski definition) is 3. The van der Waals surface area contributed by atoms with Gasteiger partial charge in [0.05, 0.1) is 11.6 Å². The Morgan fingerprint density at radius 2 is 1.85 bits per heavy atom. The highest BCUT2D eigenvalue weighted by Crippen LogP contribution is 2.39. The molecule has 1 aliphatic heterocycles. The highest BCUT2D eigenvalue weighted by molar-refractivity contribution is 5.99. The Bertz CT molecular complexity index is 1380. The SMILES string of the molecule is CC1NC(=O)c2ccc(Nc3n[nH]c(-c4ccc(-c5ccc(C6CC6)nc5)cc4F)n3)cc21. The lowest BCUT2D eigenvalue weighted by atomic mass is 10.0. The molecule has 4 aromatic rings. The molecule has 1 aliphatic carbocycles. The molecule has 3 heterocycles. The maximum atomic E-state index is 14.9. The summed E-state index contributed by atoms with van der Waals surface area (Å²) < 4.78 is 14.9. The summed E-state index contributed by atoms with van der Waals surface area (Å²) in [5, 5.41) is 13.0. The van der Waals surface area contributed by atoms with Crippen LogP contribution in [0.5, 0.6) is 0 Å². The Morgan fingerprint density at radius 3 is 2.61 bits per heavy atom. The predicted molar refractivity (Wildman–Crippen MR) is 123 cm³/mol. The molecule has 0 spiro atoms. The molecule has 2 aromatic heterocycles. The van der Waals surface area contributed by atoms with Gasteiger partial charge in [-0.05, 0) is 67.3 Å². The Balaban J connectivity index is 1.21. The number of H-pyrrole nitrogens is 1. The number of aromatic nitrogens is 4. The average molecular weight is 440 g/mol. The number of carbonyl (C=O) groups is 1. The lowest BCUT2D eigenvalue weighted by molar-refractivity contribution is 0.0958. The monoisotopic (exact) mass is 440 g/mol. The fraction of sp³-hybridized carbons (Fsp3) is 0.200. The van der Waals surface area contributed by atoms with Crippen LogP contribution in [-0.4, -0.2) is 26.1 Å². The number of aromatic amines is 1. The Labute approximate surface area is 189 Å². The van der Waals surface area contributed by atoms with Gasteiger partial charge in [-0.3, -0.25) is 14.9 Å². The first-order chi connectivity index (χ1) is 16.0. The number of hydrogen-bond acceptors (Lipinski definition) is 5. The summed E-state index contributed by atoms with van der Waals surface area (Å²) in [6.45, 7) is 1.93. The van der Waals surface area contributed by atoms with Crippen LogP contribution in [-0.2, 0) is 0 Å². The molecule has 2 aromatic carbocycles. The second-order valence-corrected chi connectivity index (χ2v) is 8.57. The van der Waals surface area contributed by atoms with E-state index in [4.69, 9.17) is 0 Å². The summed E-state index contributed by atoms with van der Waals surface area (Å²) in [4.78, 5) is 20.8. The number of benzene rings is 2. The van der Waals surface area contributed by atoms with Gasteiger partial charge < -0.3 is 10.6 Å². The smallest absolute Gasteiger partial charge is 0.252 e. The van der Waals surface area contributed by atoms with Gasteiger partial charge >= 0.3 is 0 Å². The fourth-order valence-electron chi connectivity index (χ4n) is 4.21. The summed E-state index contributed by atoms with van der Waals surface area (Å²) in [6.07, 6.45) is 4.21. The molecule has 6 rings (SSSR count). The minimum Gasteiger partial charge on any atom is -0.345 e. The van der Waals surface area contributed by atoms with E-state index in [0.29, 0.717) is 28.8 Å². The molecule has 0 saturated heterocycles. The molecule has 0 bridgehead atoms. The summed E-state index contributed by atoms with van der Waals surface area (Å²) >= 11 is 0.